The maximum atomic E-state index is 9.40. The second-order valence-electron chi connectivity index (χ2n) is 4.85. The molecule has 0 spiro atoms. The van der Waals surface area contributed by atoms with Gasteiger partial charge in [0.2, 0.25) is 0 Å². The number of aromatic nitrogens is 3. The van der Waals surface area contributed by atoms with Gasteiger partial charge in [0.15, 0.2) is 5.82 Å². The number of nitrogens with zero attached hydrogens (tertiary/aromatic N) is 2. The first kappa shape index (κ1) is 13.8. The van der Waals surface area contributed by atoms with Gasteiger partial charge >= 0.3 is 0 Å². The molecule has 0 bridgehead atoms. The standard InChI is InChI=1S/C13H21N5O/c1-3-8(2)10(6-19)15-4-9-5-16-12-11(9)17-7-18-13(12)14/h5,7-8,10,15-16,19H,3-4,6H2,1-2H3,(H2,14,17,18)/t8-,10+/m0/s1. The summed E-state index contributed by atoms with van der Waals surface area (Å²) >= 11 is 0. The van der Waals surface area contributed by atoms with Gasteiger partial charge in [-0.15, -0.1) is 0 Å². The van der Waals surface area contributed by atoms with E-state index in [2.05, 4.69) is 34.1 Å². The fourth-order valence-electron chi connectivity index (χ4n) is 2.12. The Hall–Kier alpha value is -1.66. The van der Waals surface area contributed by atoms with E-state index >= 15 is 0 Å². The molecule has 0 amide bonds. The van der Waals surface area contributed by atoms with Gasteiger partial charge in [0, 0.05) is 24.3 Å². The lowest BCUT2D eigenvalue weighted by molar-refractivity contribution is 0.201. The molecular formula is C13H21N5O. The van der Waals surface area contributed by atoms with Crippen LogP contribution >= 0.6 is 0 Å². The van der Waals surface area contributed by atoms with Crippen LogP contribution in [0.15, 0.2) is 12.5 Å². The third-order valence-electron chi connectivity index (χ3n) is 3.65. The molecule has 2 aromatic heterocycles. The van der Waals surface area contributed by atoms with E-state index in [0.717, 1.165) is 23.0 Å². The number of rotatable bonds is 6. The van der Waals surface area contributed by atoms with E-state index in [4.69, 9.17) is 5.73 Å². The number of anilines is 1. The Kier molecular flexibility index (Phi) is 4.34. The van der Waals surface area contributed by atoms with Gasteiger partial charge in [-0.3, -0.25) is 0 Å². The molecule has 0 radical (unpaired) electrons. The van der Waals surface area contributed by atoms with Crippen molar-refractivity contribution in [2.75, 3.05) is 12.3 Å². The molecule has 0 aliphatic rings. The summed E-state index contributed by atoms with van der Waals surface area (Å²) in [4.78, 5) is 11.3. The summed E-state index contributed by atoms with van der Waals surface area (Å²) in [6.07, 6.45) is 4.38. The van der Waals surface area contributed by atoms with Gasteiger partial charge in [0.05, 0.1) is 12.1 Å². The molecule has 0 saturated carbocycles. The highest BCUT2D eigenvalue weighted by Gasteiger charge is 2.15. The van der Waals surface area contributed by atoms with Gasteiger partial charge in [-0.05, 0) is 5.92 Å². The van der Waals surface area contributed by atoms with Crippen molar-refractivity contribution in [2.24, 2.45) is 5.92 Å². The van der Waals surface area contributed by atoms with E-state index in [0.29, 0.717) is 18.3 Å². The zero-order valence-corrected chi connectivity index (χ0v) is 11.3. The molecule has 0 unspecified atom stereocenters. The summed E-state index contributed by atoms with van der Waals surface area (Å²) in [5.74, 6) is 0.881. The molecule has 2 heterocycles. The first-order valence-electron chi connectivity index (χ1n) is 6.58. The Bertz CT molecular complexity index is 539. The number of fused-ring (bicyclic) bond motifs is 1. The molecule has 0 saturated heterocycles. The highest BCUT2D eigenvalue weighted by atomic mass is 16.3. The summed E-state index contributed by atoms with van der Waals surface area (Å²) in [7, 11) is 0. The summed E-state index contributed by atoms with van der Waals surface area (Å²) in [5.41, 5.74) is 8.41. The van der Waals surface area contributed by atoms with Gasteiger partial charge in [0.25, 0.3) is 0 Å². The minimum Gasteiger partial charge on any atom is -0.395 e. The van der Waals surface area contributed by atoms with Crippen molar-refractivity contribution >= 4 is 16.9 Å². The fraction of sp³-hybridized carbons (Fsp3) is 0.538. The molecule has 6 heteroatoms. The van der Waals surface area contributed by atoms with E-state index in [1.165, 1.54) is 6.33 Å². The number of nitrogen functional groups attached to an aromatic ring is 1. The number of aliphatic hydroxyl groups is 1. The minimum atomic E-state index is 0.0918. The second kappa shape index (κ2) is 5.99. The predicted octanol–water partition coefficient (Wildman–Crippen LogP) is 1.04. The minimum absolute atomic E-state index is 0.0918. The Morgan fingerprint density at radius 2 is 2.26 bits per heavy atom. The van der Waals surface area contributed by atoms with Crippen LogP contribution in [0.4, 0.5) is 5.82 Å². The molecule has 2 atom stereocenters. The molecular weight excluding hydrogens is 242 g/mol. The number of aliphatic hydroxyl groups excluding tert-OH is 1. The van der Waals surface area contributed by atoms with E-state index in [-0.39, 0.29) is 12.6 Å². The summed E-state index contributed by atoms with van der Waals surface area (Å²) in [6, 6.07) is 0.0918. The molecule has 5 N–H and O–H groups in total. The maximum Gasteiger partial charge on any atom is 0.151 e. The van der Waals surface area contributed by atoms with Crippen LogP contribution in [0, 0.1) is 5.92 Å². The van der Waals surface area contributed by atoms with Gasteiger partial charge in [0.1, 0.15) is 11.8 Å². The third-order valence-corrected chi connectivity index (χ3v) is 3.65. The molecule has 2 rings (SSSR count). The first-order valence-corrected chi connectivity index (χ1v) is 6.58. The van der Waals surface area contributed by atoms with Crippen LogP contribution in [0.25, 0.3) is 11.0 Å². The van der Waals surface area contributed by atoms with Gasteiger partial charge in [-0.1, -0.05) is 20.3 Å². The van der Waals surface area contributed by atoms with Crippen LogP contribution in [0.3, 0.4) is 0 Å². The molecule has 104 valence electrons. The van der Waals surface area contributed by atoms with Crippen molar-refractivity contribution in [3.63, 3.8) is 0 Å². The Labute approximate surface area is 112 Å². The normalized spacial score (nSPS) is 14.7. The van der Waals surface area contributed by atoms with Crippen LogP contribution in [-0.2, 0) is 6.54 Å². The summed E-state index contributed by atoms with van der Waals surface area (Å²) in [6.45, 7) is 5.03. The average molecular weight is 263 g/mol. The van der Waals surface area contributed by atoms with Crippen LogP contribution in [0.2, 0.25) is 0 Å². The van der Waals surface area contributed by atoms with Crippen LogP contribution < -0.4 is 11.1 Å². The third kappa shape index (κ3) is 2.85. The number of hydrogen-bond acceptors (Lipinski definition) is 5. The Balaban J connectivity index is 2.11. The van der Waals surface area contributed by atoms with E-state index in [1.807, 2.05) is 6.20 Å². The number of hydrogen-bond donors (Lipinski definition) is 4. The molecule has 0 aliphatic heterocycles. The molecule has 2 aromatic rings. The SMILES string of the molecule is CC[C@H](C)[C@@H](CO)NCc1c[nH]c2c(N)ncnc12. The lowest BCUT2D eigenvalue weighted by Gasteiger charge is -2.21. The Morgan fingerprint density at radius 3 is 2.95 bits per heavy atom. The number of nitrogens with two attached hydrogens (primary N) is 1. The van der Waals surface area contributed by atoms with E-state index in [9.17, 15) is 5.11 Å². The average Bonchev–Trinajstić information content (AvgIpc) is 2.84. The predicted molar refractivity (Wildman–Crippen MR) is 75.5 cm³/mol. The number of H-pyrrole nitrogens is 1. The smallest absolute Gasteiger partial charge is 0.151 e. The van der Waals surface area contributed by atoms with E-state index < -0.39 is 0 Å². The zero-order valence-electron chi connectivity index (χ0n) is 11.3. The second-order valence-corrected chi connectivity index (χ2v) is 4.85. The van der Waals surface area contributed by atoms with Gasteiger partial charge < -0.3 is 21.1 Å². The van der Waals surface area contributed by atoms with Gasteiger partial charge in [-0.25, -0.2) is 9.97 Å². The van der Waals surface area contributed by atoms with Crippen molar-refractivity contribution in [3.05, 3.63) is 18.1 Å². The first-order chi connectivity index (χ1) is 9.17. The van der Waals surface area contributed by atoms with Crippen molar-refractivity contribution in [2.45, 2.75) is 32.9 Å². The summed E-state index contributed by atoms with van der Waals surface area (Å²) < 4.78 is 0. The highest BCUT2D eigenvalue weighted by molar-refractivity contribution is 5.86. The molecule has 0 aromatic carbocycles. The topological polar surface area (TPSA) is 99.8 Å². The van der Waals surface area contributed by atoms with Crippen molar-refractivity contribution in [1.29, 1.82) is 0 Å². The zero-order chi connectivity index (χ0) is 13.8. The quantitative estimate of drug-likeness (QED) is 0.624. The molecule has 0 aliphatic carbocycles. The van der Waals surface area contributed by atoms with Crippen molar-refractivity contribution in [1.82, 2.24) is 20.3 Å². The largest absolute Gasteiger partial charge is 0.395 e. The lowest BCUT2D eigenvalue weighted by atomic mass is 10.00. The highest BCUT2D eigenvalue weighted by Crippen LogP contribution is 2.19. The van der Waals surface area contributed by atoms with Crippen molar-refractivity contribution < 1.29 is 5.11 Å². The van der Waals surface area contributed by atoms with Crippen LogP contribution in [0.1, 0.15) is 25.8 Å². The molecule has 0 fully saturated rings. The van der Waals surface area contributed by atoms with Crippen molar-refractivity contribution in [3.8, 4) is 0 Å². The molecule has 6 nitrogen and oxygen atoms in total. The monoisotopic (exact) mass is 263 g/mol. The maximum absolute atomic E-state index is 9.40. The number of aromatic amines is 1. The number of nitrogens with one attached hydrogen (secondary N) is 2. The fourth-order valence-corrected chi connectivity index (χ4v) is 2.12. The summed E-state index contributed by atoms with van der Waals surface area (Å²) in [5, 5.41) is 12.8. The van der Waals surface area contributed by atoms with Crippen LogP contribution in [0.5, 0.6) is 0 Å². The molecule has 19 heavy (non-hydrogen) atoms. The van der Waals surface area contributed by atoms with Crippen LogP contribution in [-0.4, -0.2) is 32.7 Å². The van der Waals surface area contributed by atoms with Gasteiger partial charge in [-0.2, -0.15) is 0 Å². The lowest BCUT2D eigenvalue weighted by Crippen LogP contribution is -2.37. The van der Waals surface area contributed by atoms with E-state index in [1.54, 1.807) is 0 Å². The Morgan fingerprint density at radius 1 is 1.47 bits per heavy atom.